The highest BCUT2D eigenvalue weighted by Gasteiger charge is 2.50. The van der Waals surface area contributed by atoms with Crippen LogP contribution in [0.2, 0.25) is 5.02 Å². The molecule has 49 heavy (non-hydrogen) atoms. The van der Waals surface area contributed by atoms with Crippen LogP contribution < -0.4 is 10.1 Å². The van der Waals surface area contributed by atoms with Crippen molar-refractivity contribution < 1.29 is 59.5 Å². The third-order valence-corrected chi connectivity index (χ3v) is 8.01. The van der Waals surface area contributed by atoms with Gasteiger partial charge in [-0.1, -0.05) is 11.6 Å². The van der Waals surface area contributed by atoms with Gasteiger partial charge in [0.05, 0.1) is 30.1 Å². The molecule has 0 radical (unpaired) electrons. The number of carboxylic acid groups (broad SMARTS) is 1. The van der Waals surface area contributed by atoms with Gasteiger partial charge in [-0.05, 0) is 65.3 Å². The number of esters is 1. The molecule has 14 nitrogen and oxygen atoms in total. The van der Waals surface area contributed by atoms with E-state index in [4.69, 9.17) is 26.2 Å². The van der Waals surface area contributed by atoms with Gasteiger partial charge >= 0.3 is 33.7 Å². The molecule has 1 fully saturated rings. The standard InChI is InChI=1S/C18H20ClN3O3.C12H16F3NO7S/c1-10(2)25-17-4-3-11(5-13(17)19)14-7-15(22-9-21-14)12-6-16(18(23)24)20-8-12;1-11(2,3)22-10(18)16-6-7(5-8(16)9(17)21-4)23-24(19,20)12(13,14)15/h3-5,7,9-10,12,16,20H,6,8H2,1-2H3,(H,23,24);6,8H,5H2,1-4H3. The van der Waals surface area contributed by atoms with E-state index in [-0.39, 0.29) is 12.0 Å². The molecule has 2 aliphatic rings. The Balaban J connectivity index is 0.000000266. The molecule has 270 valence electrons. The molecule has 2 aliphatic heterocycles. The van der Waals surface area contributed by atoms with Gasteiger partial charge in [0.15, 0.2) is 0 Å². The van der Waals surface area contributed by atoms with Crippen molar-refractivity contribution in [1.29, 1.82) is 0 Å². The van der Waals surface area contributed by atoms with Crippen LogP contribution in [0.5, 0.6) is 5.75 Å². The largest absolute Gasteiger partial charge is 0.534 e. The van der Waals surface area contributed by atoms with Crippen LogP contribution in [-0.4, -0.2) is 89.4 Å². The lowest BCUT2D eigenvalue weighted by Crippen LogP contribution is -2.42. The van der Waals surface area contributed by atoms with Gasteiger partial charge < -0.3 is 28.8 Å². The minimum absolute atomic E-state index is 0.0473. The van der Waals surface area contributed by atoms with E-state index in [1.165, 1.54) is 27.1 Å². The number of hydrogen-bond donors (Lipinski definition) is 2. The molecule has 1 amide bonds. The maximum atomic E-state index is 12.3. The second-order valence-corrected chi connectivity index (χ2v) is 14.0. The zero-order valence-electron chi connectivity index (χ0n) is 27.3. The van der Waals surface area contributed by atoms with Crippen LogP contribution in [0, 0.1) is 0 Å². The van der Waals surface area contributed by atoms with Crippen molar-refractivity contribution in [2.24, 2.45) is 0 Å². The summed E-state index contributed by atoms with van der Waals surface area (Å²) >= 11 is 6.30. The Morgan fingerprint density at radius 2 is 1.80 bits per heavy atom. The summed E-state index contributed by atoms with van der Waals surface area (Å²) in [6.45, 7) is 9.08. The molecule has 0 bridgehead atoms. The first kappa shape index (κ1) is 39.3. The van der Waals surface area contributed by atoms with Crippen molar-refractivity contribution in [3.05, 3.63) is 53.3 Å². The Morgan fingerprint density at radius 3 is 2.33 bits per heavy atom. The molecule has 1 saturated heterocycles. The predicted octanol–water partition coefficient (Wildman–Crippen LogP) is 4.99. The number of alkyl halides is 3. The molecule has 2 N–H and O–H groups in total. The molecular weight excluding hydrogens is 701 g/mol. The van der Waals surface area contributed by atoms with Gasteiger partial charge in [0, 0.05) is 30.1 Å². The molecule has 4 rings (SSSR count). The summed E-state index contributed by atoms with van der Waals surface area (Å²) in [7, 11) is -4.92. The van der Waals surface area contributed by atoms with E-state index in [0.29, 0.717) is 34.8 Å². The topological polar surface area (TPSA) is 184 Å². The lowest BCUT2D eigenvalue weighted by Gasteiger charge is -2.26. The maximum Gasteiger partial charge on any atom is 0.534 e. The van der Waals surface area contributed by atoms with Crippen molar-refractivity contribution in [1.82, 2.24) is 20.2 Å². The van der Waals surface area contributed by atoms with Gasteiger partial charge in [0.25, 0.3) is 0 Å². The van der Waals surface area contributed by atoms with E-state index < -0.39 is 63.5 Å². The summed E-state index contributed by atoms with van der Waals surface area (Å²) in [5, 5.41) is 12.6. The molecule has 19 heteroatoms. The Hall–Kier alpha value is -4.16. The fourth-order valence-corrected chi connectivity index (χ4v) is 5.28. The number of carbonyl (C=O) groups excluding carboxylic acids is 2. The molecule has 0 aliphatic carbocycles. The highest BCUT2D eigenvalue weighted by atomic mass is 35.5. The first-order chi connectivity index (χ1) is 22.6. The third-order valence-electron chi connectivity index (χ3n) is 6.72. The average Bonchev–Trinajstić information content (AvgIpc) is 3.65. The molecule has 3 heterocycles. The van der Waals surface area contributed by atoms with Gasteiger partial charge in [0.1, 0.15) is 35.5 Å². The van der Waals surface area contributed by atoms with E-state index >= 15 is 0 Å². The number of halogens is 4. The highest BCUT2D eigenvalue weighted by Crippen LogP contribution is 2.33. The van der Waals surface area contributed by atoms with Crippen LogP contribution in [-0.2, 0) is 33.4 Å². The number of carbonyl (C=O) groups is 3. The first-order valence-corrected chi connectivity index (χ1v) is 16.5. The third kappa shape index (κ3) is 10.7. The lowest BCUT2D eigenvalue weighted by atomic mass is 10.00. The molecule has 1 aromatic heterocycles. The van der Waals surface area contributed by atoms with Gasteiger partial charge in [-0.15, -0.1) is 0 Å². The van der Waals surface area contributed by atoms with E-state index in [1.807, 2.05) is 38.1 Å². The van der Waals surface area contributed by atoms with E-state index in [1.54, 1.807) is 0 Å². The van der Waals surface area contributed by atoms with Gasteiger partial charge in [-0.3, -0.25) is 9.69 Å². The quantitative estimate of drug-likeness (QED) is 0.210. The normalized spacial score (nSPS) is 19.4. The minimum Gasteiger partial charge on any atom is -0.489 e. The van der Waals surface area contributed by atoms with Crippen LogP contribution >= 0.6 is 11.6 Å². The van der Waals surface area contributed by atoms with E-state index in [2.05, 4.69) is 24.2 Å². The van der Waals surface area contributed by atoms with Gasteiger partial charge in [0.2, 0.25) is 0 Å². The molecule has 3 unspecified atom stereocenters. The first-order valence-electron chi connectivity index (χ1n) is 14.7. The zero-order chi connectivity index (χ0) is 36.9. The number of methoxy groups -OCH3 is 1. The van der Waals surface area contributed by atoms with Crippen LogP contribution in [0.15, 0.2) is 42.6 Å². The molecular formula is C30H36ClF3N4O10S. The average molecular weight is 737 g/mol. The van der Waals surface area contributed by atoms with Crippen molar-refractivity contribution in [3.8, 4) is 17.0 Å². The maximum absolute atomic E-state index is 12.3. The minimum atomic E-state index is -5.92. The molecule has 0 spiro atoms. The Labute approximate surface area is 285 Å². The fourth-order valence-electron chi connectivity index (χ4n) is 4.57. The van der Waals surface area contributed by atoms with Crippen molar-refractivity contribution in [3.63, 3.8) is 0 Å². The summed E-state index contributed by atoms with van der Waals surface area (Å²) in [6, 6.07) is 5.53. The number of nitrogens with zero attached hydrogens (tertiary/aromatic N) is 3. The number of aromatic nitrogens is 2. The number of hydrogen-bond acceptors (Lipinski definition) is 12. The summed E-state index contributed by atoms with van der Waals surface area (Å²) in [4.78, 5) is 44.0. The lowest BCUT2D eigenvalue weighted by molar-refractivity contribution is -0.145. The number of ether oxygens (including phenoxy) is 3. The Bertz CT molecular complexity index is 1680. The van der Waals surface area contributed by atoms with E-state index in [9.17, 15) is 36.0 Å². The van der Waals surface area contributed by atoms with E-state index in [0.717, 1.165) is 24.1 Å². The molecule has 1 aromatic carbocycles. The summed E-state index contributed by atoms with van der Waals surface area (Å²) < 4.78 is 78.1. The van der Waals surface area contributed by atoms with Crippen LogP contribution in [0.1, 0.15) is 59.1 Å². The Kier molecular flexibility index (Phi) is 12.5. The second-order valence-electron chi connectivity index (χ2n) is 12.1. The molecule has 2 aromatic rings. The fraction of sp³-hybridized carbons (Fsp3) is 0.500. The number of carboxylic acids is 1. The van der Waals surface area contributed by atoms with Crippen LogP contribution in [0.25, 0.3) is 11.3 Å². The SMILES string of the molecule is CC(C)Oc1ccc(-c2cc(C3CNC(C(=O)O)C3)ncn2)cc1Cl.COC(=O)C1CC(OS(=O)(=O)C(F)(F)F)=CN1C(=O)OC(C)(C)C. The molecule has 3 atom stereocenters. The number of benzene rings is 1. The monoisotopic (exact) mass is 736 g/mol. The van der Waals surface area contributed by atoms with Crippen LogP contribution in [0.3, 0.4) is 0 Å². The summed E-state index contributed by atoms with van der Waals surface area (Å²) in [6.07, 6.45) is 1.06. The number of amides is 1. The molecule has 0 saturated carbocycles. The number of rotatable bonds is 8. The van der Waals surface area contributed by atoms with Crippen LogP contribution in [0.4, 0.5) is 18.0 Å². The van der Waals surface area contributed by atoms with Gasteiger partial charge in [-0.25, -0.2) is 19.6 Å². The summed E-state index contributed by atoms with van der Waals surface area (Å²) in [5.41, 5.74) is -4.14. The number of nitrogens with one attached hydrogen (secondary N) is 1. The smallest absolute Gasteiger partial charge is 0.489 e. The van der Waals surface area contributed by atoms with Crippen molar-refractivity contribution in [2.75, 3.05) is 13.7 Å². The van der Waals surface area contributed by atoms with Crippen molar-refractivity contribution >= 4 is 39.8 Å². The van der Waals surface area contributed by atoms with Crippen molar-refractivity contribution in [2.45, 2.75) is 82.7 Å². The Morgan fingerprint density at radius 1 is 1.12 bits per heavy atom. The highest BCUT2D eigenvalue weighted by molar-refractivity contribution is 7.87. The predicted molar refractivity (Wildman–Crippen MR) is 168 cm³/mol. The van der Waals surface area contributed by atoms with Gasteiger partial charge in [-0.2, -0.15) is 21.6 Å². The zero-order valence-corrected chi connectivity index (χ0v) is 28.9. The number of aliphatic carboxylic acids is 1. The second kappa shape index (κ2) is 15.6. The summed E-state index contributed by atoms with van der Waals surface area (Å²) in [5.74, 6) is -1.85.